The maximum Gasteiger partial charge on any atom is 0.342 e. The number of phenolic OH excluding ortho intramolecular Hbond substituents is 1. The Morgan fingerprint density at radius 2 is 2.41 bits per heavy atom. The Balaban J connectivity index is 1.94. The molecule has 1 heterocycles. The smallest absolute Gasteiger partial charge is 0.342 e. The molecule has 3 N–H and O–H groups in total. The molecule has 17 heavy (non-hydrogen) atoms. The predicted molar refractivity (Wildman–Crippen MR) is 61.8 cm³/mol. The number of esters is 1. The van der Waals surface area contributed by atoms with Gasteiger partial charge in [-0.25, -0.2) is 4.79 Å². The van der Waals surface area contributed by atoms with Crippen molar-refractivity contribution in [3.63, 3.8) is 0 Å². The molecule has 0 saturated carbocycles. The van der Waals surface area contributed by atoms with Crippen LogP contribution >= 0.6 is 0 Å². The highest BCUT2D eigenvalue weighted by molar-refractivity contribution is 5.92. The highest BCUT2D eigenvalue weighted by atomic mass is 16.6. The molecule has 1 saturated heterocycles. The summed E-state index contributed by atoms with van der Waals surface area (Å²) in [5, 5.41) is 9.54. The summed E-state index contributed by atoms with van der Waals surface area (Å²) in [5.41, 5.74) is 5.99. The Bertz CT molecular complexity index is 413. The van der Waals surface area contributed by atoms with Crippen LogP contribution in [0, 0.1) is 0 Å². The summed E-state index contributed by atoms with van der Waals surface area (Å²) >= 11 is 0. The molecule has 5 heteroatoms. The van der Waals surface area contributed by atoms with Gasteiger partial charge in [-0.3, -0.25) is 0 Å². The number of phenols is 1. The van der Waals surface area contributed by atoms with Crippen molar-refractivity contribution in [2.45, 2.75) is 18.9 Å². The number of carbonyl (C=O) groups is 1. The third-order valence-electron chi connectivity index (χ3n) is 2.67. The first kappa shape index (κ1) is 11.7. The zero-order valence-electron chi connectivity index (χ0n) is 9.39. The molecule has 5 nitrogen and oxygen atoms in total. The highest BCUT2D eigenvalue weighted by Gasteiger charge is 2.19. The van der Waals surface area contributed by atoms with Gasteiger partial charge in [0.05, 0.1) is 6.10 Å². The normalized spacial score (nSPS) is 19.2. The second-order valence-corrected chi connectivity index (χ2v) is 4.01. The van der Waals surface area contributed by atoms with Crippen LogP contribution in [0.5, 0.6) is 5.75 Å². The standard InChI is InChI=1S/C12H15NO4/c13-8-3-4-10(11(14)6-8)12(15)17-7-9-2-1-5-16-9/h3-4,6,9,14H,1-2,5,7,13H2. The maximum absolute atomic E-state index is 11.7. The van der Waals surface area contributed by atoms with Gasteiger partial charge in [-0.05, 0) is 25.0 Å². The van der Waals surface area contributed by atoms with Gasteiger partial charge in [0.25, 0.3) is 0 Å². The van der Waals surface area contributed by atoms with E-state index >= 15 is 0 Å². The summed E-state index contributed by atoms with van der Waals surface area (Å²) in [7, 11) is 0. The van der Waals surface area contributed by atoms with Crippen molar-refractivity contribution in [1.29, 1.82) is 0 Å². The number of aromatic hydroxyl groups is 1. The minimum atomic E-state index is -0.557. The van der Waals surface area contributed by atoms with Crippen molar-refractivity contribution in [3.8, 4) is 5.75 Å². The van der Waals surface area contributed by atoms with E-state index < -0.39 is 5.97 Å². The van der Waals surface area contributed by atoms with E-state index in [-0.39, 0.29) is 24.0 Å². The average Bonchev–Trinajstić information content (AvgIpc) is 2.78. The molecule has 0 aromatic heterocycles. The molecule has 0 aliphatic carbocycles. The number of hydrogen-bond acceptors (Lipinski definition) is 5. The number of benzene rings is 1. The SMILES string of the molecule is Nc1ccc(C(=O)OCC2CCCO2)c(O)c1. The Morgan fingerprint density at radius 3 is 3.06 bits per heavy atom. The van der Waals surface area contributed by atoms with Gasteiger partial charge in [0.15, 0.2) is 0 Å². The second-order valence-electron chi connectivity index (χ2n) is 4.01. The molecule has 0 bridgehead atoms. The maximum atomic E-state index is 11.7. The van der Waals surface area contributed by atoms with E-state index in [2.05, 4.69) is 0 Å². The van der Waals surface area contributed by atoms with Crippen LogP contribution in [0.2, 0.25) is 0 Å². The highest BCUT2D eigenvalue weighted by Crippen LogP contribution is 2.21. The fourth-order valence-electron chi connectivity index (χ4n) is 1.74. The Morgan fingerprint density at radius 1 is 1.59 bits per heavy atom. The fraction of sp³-hybridized carbons (Fsp3) is 0.417. The van der Waals surface area contributed by atoms with Crippen LogP contribution < -0.4 is 5.73 Å². The summed E-state index contributed by atoms with van der Waals surface area (Å²) < 4.78 is 10.4. The van der Waals surface area contributed by atoms with E-state index in [4.69, 9.17) is 15.2 Å². The molecule has 1 atom stereocenters. The topological polar surface area (TPSA) is 81.8 Å². The minimum absolute atomic E-state index is 0.0186. The lowest BCUT2D eigenvalue weighted by atomic mass is 10.2. The summed E-state index contributed by atoms with van der Waals surface area (Å²) in [5.74, 6) is -0.722. The van der Waals surface area contributed by atoms with Crippen molar-refractivity contribution in [1.82, 2.24) is 0 Å². The summed E-state index contributed by atoms with van der Waals surface area (Å²) in [4.78, 5) is 11.7. The van der Waals surface area contributed by atoms with Gasteiger partial charge in [-0.15, -0.1) is 0 Å². The number of hydrogen-bond donors (Lipinski definition) is 2. The molecule has 1 aromatic carbocycles. The third-order valence-corrected chi connectivity index (χ3v) is 2.67. The molecule has 1 aliphatic rings. The average molecular weight is 237 g/mol. The molecule has 0 amide bonds. The summed E-state index contributed by atoms with van der Waals surface area (Å²) in [6.07, 6.45) is 1.88. The number of ether oxygens (including phenoxy) is 2. The van der Waals surface area contributed by atoms with Crippen molar-refractivity contribution in [3.05, 3.63) is 23.8 Å². The van der Waals surface area contributed by atoms with Crippen LogP contribution in [0.3, 0.4) is 0 Å². The van der Waals surface area contributed by atoms with E-state index in [1.165, 1.54) is 12.1 Å². The van der Waals surface area contributed by atoms with Crippen LogP contribution in [-0.2, 0) is 9.47 Å². The lowest BCUT2D eigenvalue weighted by Crippen LogP contribution is -2.17. The van der Waals surface area contributed by atoms with Gasteiger partial charge in [0.1, 0.15) is 17.9 Å². The first-order valence-electron chi connectivity index (χ1n) is 5.54. The molecule has 0 spiro atoms. The van der Waals surface area contributed by atoms with Gasteiger partial charge in [-0.1, -0.05) is 0 Å². The molecule has 1 aromatic rings. The molecule has 2 rings (SSSR count). The number of nitrogen functional groups attached to an aromatic ring is 1. The zero-order chi connectivity index (χ0) is 12.3. The summed E-state index contributed by atoms with van der Waals surface area (Å²) in [6, 6.07) is 4.31. The molecule has 1 fully saturated rings. The molecular formula is C12H15NO4. The lowest BCUT2D eigenvalue weighted by Gasteiger charge is -2.10. The number of anilines is 1. The molecular weight excluding hydrogens is 222 g/mol. The Labute approximate surface area is 99.1 Å². The zero-order valence-corrected chi connectivity index (χ0v) is 9.39. The predicted octanol–water partition coefficient (Wildman–Crippen LogP) is 1.31. The van der Waals surface area contributed by atoms with Crippen molar-refractivity contribution in [2.75, 3.05) is 18.9 Å². The Kier molecular flexibility index (Phi) is 3.49. The van der Waals surface area contributed by atoms with Crippen LogP contribution in [0.1, 0.15) is 23.2 Å². The van der Waals surface area contributed by atoms with Crippen molar-refractivity contribution < 1.29 is 19.4 Å². The first-order chi connectivity index (χ1) is 8.16. The minimum Gasteiger partial charge on any atom is -0.507 e. The van der Waals surface area contributed by atoms with Crippen LogP contribution in [0.25, 0.3) is 0 Å². The number of nitrogens with two attached hydrogens (primary N) is 1. The molecule has 1 aliphatic heterocycles. The van der Waals surface area contributed by atoms with Crippen LogP contribution in [0.4, 0.5) is 5.69 Å². The van der Waals surface area contributed by atoms with E-state index in [0.29, 0.717) is 5.69 Å². The van der Waals surface area contributed by atoms with E-state index in [9.17, 15) is 9.90 Å². The van der Waals surface area contributed by atoms with Crippen molar-refractivity contribution in [2.24, 2.45) is 0 Å². The third kappa shape index (κ3) is 2.88. The van der Waals surface area contributed by atoms with Gasteiger partial charge < -0.3 is 20.3 Å². The lowest BCUT2D eigenvalue weighted by molar-refractivity contribution is 0.0159. The first-order valence-corrected chi connectivity index (χ1v) is 5.54. The fourth-order valence-corrected chi connectivity index (χ4v) is 1.74. The monoisotopic (exact) mass is 237 g/mol. The molecule has 0 radical (unpaired) electrons. The quantitative estimate of drug-likeness (QED) is 0.612. The van der Waals surface area contributed by atoms with Gasteiger partial charge in [-0.2, -0.15) is 0 Å². The van der Waals surface area contributed by atoms with E-state index in [1.807, 2.05) is 0 Å². The second kappa shape index (κ2) is 5.05. The van der Waals surface area contributed by atoms with Crippen LogP contribution in [-0.4, -0.2) is 30.4 Å². The summed E-state index contributed by atoms with van der Waals surface area (Å²) in [6.45, 7) is 0.942. The van der Waals surface area contributed by atoms with Crippen molar-refractivity contribution >= 4 is 11.7 Å². The molecule has 1 unspecified atom stereocenters. The Hall–Kier alpha value is -1.75. The number of rotatable bonds is 3. The van der Waals surface area contributed by atoms with Gasteiger partial charge >= 0.3 is 5.97 Å². The van der Waals surface area contributed by atoms with E-state index in [0.717, 1.165) is 19.4 Å². The van der Waals surface area contributed by atoms with Gasteiger partial charge in [0, 0.05) is 18.4 Å². The van der Waals surface area contributed by atoms with Crippen LogP contribution in [0.15, 0.2) is 18.2 Å². The van der Waals surface area contributed by atoms with E-state index in [1.54, 1.807) is 6.07 Å². The largest absolute Gasteiger partial charge is 0.507 e. The molecule has 92 valence electrons. The van der Waals surface area contributed by atoms with Gasteiger partial charge in [0.2, 0.25) is 0 Å². The number of carbonyl (C=O) groups excluding carboxylic acids is 1.